The third kappa shape index (κ3) is 4.58. The molecule has 0 atom stereocenters. The summed E-state index contributed by atoms with van der Waals surface area (Å²) in [6.45, 7) is 4.27. The number of pyridine rings is 1. The summed E-state index contributed by atoms with van der Waals surface area (Å²) in [5.74, 6) is 1.73. The maximum Gasteiger partial charge on any atom is 0.289 e. The predicted molar refractivity (Wildman–Crippen MR) is 105 cm³/mol. The Kier molecular flexibility index (Phi) is 5.68. The van der Waals surface area contributed by atoms with Gasteiger partial charge in [-0.3, -0.25) is 14.7 Å². The van der Waals surface area contributed by atoms with E-state index in [4.69, 9.17) is 9.15 Å². The van der Waals surface area contributed by atoms with Crippen molar-refractivity contribution in [3.63, 3.8) is 0 Å². The molecule has 4 rings (SSSR count). The lowest BCUT2D eigenvalue weighted by molar-refractivity contribution is 0.0594. The monoisotopic (exact) mass is 377 g/mol. The quantitative estimate of drug-likeness (QED) is 0.660. The molecule has 6 nitrogen and oxygen atoms in total. The van der Waals surface area contributed by atoms with E-state index in [9.17, 15) is 4.79 Å². The molecule has 1 aliphatic rings. The number of amides is 1. The van der Waals surface area contributed by atoms with Crippen LogP contribution in [-0.2, 0) is 13.2 Å². The van der Waals surface area contributed by atoms with E-state index in [-0.39, 0.29) is 5.91 Å². The molecule has 0 spiro atoms. The summed E-state index contributed by atoms with van der Waals surface area (Å²) < 4.78 is 11.4. The number of rotatable bonds is 6. The van der Waals surface area contributed by atoms with Crippen molar-refractivity contribution in [2.24, 2.45) is 0 Å². The Morgan fingerprint density at radius 1 is 0.964 bits per heavy atom. The van der Waals surface area contributed by atoms with E-state index in [2.05, 4.69) is 9.88 Å². The Morgan fingerprint density at radius 3 is 2.46 bits per heavy atom. The van der Waals surface area contributed by atoms with Crippen LogP contribution in [-0.4, -0.2) is 46.9 Å². The summed E-state index contributed by atoms with van der Waals surface area (Å²) in [6.07, 6.45) is 3.62. The molecular weight excluding hydrogens is 354 g/mol. The molecule has 0 N–H and O–H groups in total. The molecule has 2 aromatic heterocycles. The van der Waals surface area contributed by atoms with E-state index in [1.807, 2.05) is 59.8 Å². The number of aromatic nitrogens is 1. The van der Waals surface area contributed by atoms with Crippen LogP contribution in [0.3, 0.4) is 0 Å². The SMILES string of the molecule is O=C(c1ccc(COc2ccccc2)o1)N1CCN(Cc2ccncc2)CC1. The van der Waals surface area contributed by atoms with Gasteiger partial charge in [0.25, 0.3) is 5.91 Å². The fourth-order valence-corrected chi connectivity index (χ4v) is 3.25. The number of piperazine rings is 1. The molecular formula is C22H23N3O3. The first-order valence-corrected chi connectivity index (χ1v) is 9.45. The maximum absolute atomic E-state index is 12.7. The number of ether oxygens (including phenoxy) is 1. The molecule has 1 saturated heterocycles. The lowest BCUT2D eigenvalue weighted by Gasteiger charge is -2.34. The van der Waals surface area contributed by atoms with E-state index < -0.39 is 0 Å². The van der Waals surface area contributed by atoms with Crippen molar-refractivity contribution < 1.29 is 13.9 Å². The number of para-hydroxylation sites is 1. The minimum Gasteiger partial charge on any atom is -0.486 e. The van der Waals surface area contributed by atoms with E-state index in [1.54, 1.807) is 12.1 Å². The summed E-state index contributed by atoms with van der Waals surface area (Å²) in [6, 6.07) is 17.1. The number of carbonyl (C=O) groups is 1. The second kappa shape index (κ2) is 8.71. The third-order valence-electron chi connectivity index (χ3n) is 4.81. The van der Waals surface area contributed by atoms with Gasteiger partial charge in [0.15, 0.2) is 5.76 Å². The number of carbonyl (C=O) groups excluding carboxylic acids is 1. The maximum atomic E-state index is 12.7. The molecule has 0 radical (unpaired) electrons. The molecule has 1 aliphatic heterocycles. The van der Waals surface area contributed by atoms with Crippen molar-refractivity contribution in [2.75, 3.05) is 26.2 Å². The molecule has 1 aromatic carbocycles. The second-order valence-corrected chi connectivity index (χ2v) is 6.79. The van der Waals surface area contributed by atoms with Crippen LogP contribution in [0.5, 0.6) is 5.75 Å². The number of benzene rings is 1. The van der Waals surface area contributed by atoms with Gasteiger partial charge in [0.1, 0.15) is 18.1 Å². The topological polar surface area (TPSA) is 58.8 Å². The van der Waals surface area contributed by atoms with Crippen LogP contribution < -0.4 is 4.74 Å². The smallest absolute Gasteiger partial charge is 0.289 e. The van der Waals surface area contributed by atoms with Gasteiger partial charge in [0.05, 0.1) is 0 Å². The summed E-state index contributed by atoms with van der Waals surface area (Å²) in [5, 5.41) is 0. The molecule has 6 heteroatoms. The summed E-state index contributed by atoms with van der Waals surface area (Å²) in [7, 11) is 0. The summed E-state index contributed by atoms with van der Waals surface area (Å²) in [4.78, 5) is 21.0. The number of hydrogen-bond acceptors (Lipinski definition) is 5. The van der Waals surface area contributed by atoms with Gasteiger partial charge < -0.3 is 14.1 Å². The number of nitrogens with zero attached hydrogens (tertiary/aromatic N) is 3. The average molecular weight is 377 g/mol. The van der Waals surface area contributed by atoms with Gasteiger partial charge in [-0.2, -0.15) is 0 Å². The summed E-state index contributed by atoms with van der Waals surface area (Å²) in [5.41, 5.74) is 1.24. The molecule has 3 heterocycles. The van der Waals surface area contributed by atoms with Crippen molar-refractivity contribution in [3.05, 3.63) is 84.1 Å². The molecule has 0 bridgehead atoms. The van der Waals surface area contributed by atoms with E-state index >= 15 is 0 Å². The first-order chi connectivity index (χ1) is 13.8. The molecule has 1 amide bonds. The minimum atomic E-state index is -0.0606. The fourth-order valence-electron chi connectivity index (χ4n) is 3.25. The normalized spacial score (nSPS) is 14.8. The van der Waals surface area contributed by atoms with E-state index in [1.165, 1.54) is 5.56 Å². The average Bonchev–Trinajstić information content (AvgIpc) is 3.23. The van der Waals surface area contributed by atoms with Crippen LogP contribution >= 0.6 is 0 Å². The minimum absolute atomic E-state index is 0.0606. The van der Waals surface area contributed by atoms with Gasteiger partial charge in [-0.05, 0) is 42.0 Å². The Balaban J connectivity index is 1.28. The molecule has 0 aliphatic carbocycles. The van der Waals surface area contributed by atoms with Crippen LogP contribution in [0.15, 0.2) is 71.4 Å². The summed E-state index contributed by atoms with van der Waals surface area (Å²) >= 11 is 0. The van der Waals surface area contributed by atoms with Gasteiger partial charge in [-0.15, -0.1) is 0 Å². The third-order valence-corrected chi connectivity index (χ3v) is 4.81. The van der Waals surface area contributed by atoms with Crippen LogP contribution in [0, 0.1) is 0 Å². The number of hydrogen-bond donors (Lipinski definition) is 0. The zero-order valence-corrected chi connectivity index (χ0v) is 15.7. The van der Waals surface area contributed by atoms with Crippen molar-refractivity contribution in [1.29, 1.82) is 0 Å². The molecule has 28 heavy (non-hydrogen) atoms. The van der Waals surface area contributed by atoms with Gasteiger partial charge >= 0.3 is 0 Å². The highest BCUT2D eigenvalue weighted by molar-refractivity contribution is 5.91. The fraction of sp³-hybridized carbons (Fsp3) is 0.273. The second-order valence-electron chi connectivity index (χ2n) is 6.79. The Bertz CT molecular complexity index is 888. The highest BCUT2D eigenvalue weighted by Crippen LogP contribution is 2.16. The van der Waals surface area contributed by atoms with Crippen LogP contribution in [0.25, 0.3) is 0 Å². The molecule has 0 unspecified atom stereocenters. The Labute approximate surface area is 164 Å². The van der Waals surface area contributed by atoms with E-state index in [0.717, 1.165) is 25.4 Å². The van der Waals surface area contributed by atoms with Crippen molar-refractivity contribution in [3.8, 4) is 5.75 Å². The largest absolute Gasteiger partial charge is 0.486 e. The highest BCUT2D eigenvalue weighted by atomic mass is 16.5. The standard InChI is InChI=1S/C22H23N3O3/c26-22(21-7-6-20(28-21)17-27-19-4-2-1-3-5-19)25-14-12-24(13-15-25)16-18-8-10-23-11-9-18/h1-11H,12-17H2. The van der Waals surface area contributed by atoms with Crippen LogP contribution in [0.4, 0.5) is 0 Å². The van der Waals surface area contributed by atoms with Crippen molar-refractivity contribution in [2.45, 2.75) is 13.2 Å². The Morgan fingerprint density at radius 2 is 1.71 bits per heavy atom. The number of furan rings is 1. The first kappa shape index (κ1) is 18.3. The zero-order chi connectivity index (χ0) is 19.2. The Hall–Kier alpha value is -3.12. The molecule has 144 valence electrons. The van der Waals surface area contributed by atoms with E-state index in [0.29, 0.717) is 31.2 Å². The van der Waals surface area contributed by atoms with Gasteiger partial charge in [-0.1, -0.05) is 18.2 Å². The van der Waals surface area contributed by atoms with Gasteiger partial charge in [0, 0.05) is 45.1 Å². The zero-order valence-electron chi connectivity index (χ0n) is 15.7. The van der Waals surface area contributed by atoms with Crippen molar-refractivity contribution >= 4 is 5.91 Å². The lowest BCUT2D eigenvalue weighted by atomic mass is 10.2. The highest BCUT2D eigenvalue weighted by Gasteiger charge is 2.24. The molecule has 0 saturated carbocycles. The molecule has 3 aromatic rings. The predicted octanol–water partition coefficient (Wildman–Crippen LogP) is 3.21. The molecule has 1 fully saturated rings. The van der Waals surface area contributed by atoms with Gasteiger partial charge in [0.2, 0.25) is 0 Å². The van der Waals surface area contributed by atoms with Crippen LogP contribution in [0.1, 0.15) is 21.9 Å². The van der Waals surface area contributed by atoms with Crippen molar-refractivity contribution in [1.82, 2.24) is 14.8 Å². The first-order valence-electron chi connectivity index (χ1n) is 9.45. The lowest BCUT2D eigenvalue weighted by Crippen LogP contribution is -2.48. The van der Waals surface area contributed by atoms with Crippen LogP contribution in [0.2, 0.25) is 0 Å². The van der Waals surface area contributed by atoms with Gasteiger partial charge in [-0.25, -0.2) is 0 Å².